The summed E-state index contributed by atoms with van der Waals surface area (Å²) in [5, 5.41) is 8.85. The molecule has 1 aromatic carbocycles. The number of benzene rings is 1. The van der Waals surface area contributed by atoms with Crippen molar-refractivity contribution in [1.82, 2.24) is 4.98 Å². The molecule has 0 fully saturated rings. The summed E-state index contributed by atoms with van der Waals surface area (Å²) in [7, 11) is 0. The van der Waals surface area contributed by atoms with Crippen LogP contribution in [-0.2, 0) is 6.42 Å². The van der Waals surface area contributed by atoms with E-state index in [1.54, 1.807) is 6.07 Å². The van der Waals surface area contributed by atoms with Crippen LogP contribution in [0, 0.1) is 17.1 Å². The number of nitrogens with one attached hydrogen (secondary N) is 1. The summed E-state index contributed by atoms with van der Waals surface area (Å²) in [5.74, 6) is 5.33. The maximum Gasteiger partial charge on any atom is 0.165 e. The minimum atomic E-state index is -0.416. The van der Waals surface area contributed by atoms with Gasteiger partial charge in [0.05, 0.1) is 17.3 Å². The van der Waals surface area contributed by atoms with E-state index in [0.717, 1.165) is 0 Å². The van der Waals surface area contributed by atoms with Gasteiger partial charge in [-0.3, -0.25) is 0 Å². The molecule has 0 bridgehead atoms. The highest BCUT2D eigenvalue weighted by molar-refractivity contribution is 5.68. The fourth-order valence-corrected chi connectivity index (χ4v) is 1.87. The third-order valence-electron chi connectivity index (χ3n) is 2.86. The SMILES string of the molecule is N#Cc1ccc(F)c(Cc2cc(N)nc(NN)c2N)c1. The van der Waals surface area contributed by atoms with Crippen LogP contribution in [0.3, 0.4) is 0 Å². The number of nitrogens with zero attached hydrogens (tertiary/aromatic N) is 2. The van der Waals surface area contributed by atoms with E-state index in [-0.39, 0.29) is 18.1 Å². The largest absolute Gasteiger partial charge is 0.395 e. The number of rotatable bonds is 3. The maximum atomic E-state index is 13.8. The predicted octanol–water partition coefficient (Wildman–Crippen LogP) is 1.13. The molecule has 0 amide bonds. The zero-order valence-electron chi connectivity index (χ0n) is 10.5. The molecule has 7 N–H and O–H groups in total. The molecule has 0 atom stereocenters. The van der Waals surface area contributed by atoms with Crippen LogP contribution in [0.5, 0.6) is 0 Å². The molecule has 1 aromatic heterocycles. The number of hydrogen-bond donors (Lipinski definition) is 4. The quantitative estimate of drug-likeness (QED) is 0.490. The number of aromatic nitrogens is 1. The van der Waals surface area contributed by atoms with Gasteiger partial charge in [0.1, 0.15) is 11.6 Å². The number of nitriles is 1. The highest BCUT2D eigenvalue weighted by Gasteiger charge is 2.11. The maximum absolute atomic E-state index is 13.8. The van der Waals surface area contributed by atoms with Gasteiger partial charge in [-0.2, -0.15) is 5.26 Å². The zero-order valence-corrected chi connectivity index (χ0v) is 10.5. The fraction of sp³-hybridized carbons (Fsp3) is 0.0769. The number of anilines is 3. The van der Waals surface area contributed by atoms with Crippen LogP contribution in [0.15, 0.2) is 24.3 Å². The molecule has 2 aromatic rings. The molecule has 0 radical (unpaired) electrons. The Morgan fingerprint density at radius 3 is 2.65 bits per heavy atom. The summed E-state index contributed by atoms with van der Waals surface area (Å²) >= 11 is 0. The Bertz CT molecular complexity index is 692. The lowest BCUT2D eigenvalue weighted by atomic mass is 10.0. The van der Waals surface area contributed by atoms with Crippen molar-refractivity contribution in [2.45, 2.75) is 6.42 Å². The Labute approximate surface area is 115 Å². The molecule has 0 saturated carbocycles. The first-order valence-corrected chi connectivity index (χ1v) is 5.75. The van der Waals surface area contributed by atoms with Crippen molar-refractivity contribution < 1.29 is 4.39 Å². The molecule has 0 aliphatic heterocycles. The number of hydrogen-bond acceptors (Lipinski definition) is 6. The van der Waals surface area contributed by atoms with Gasteiger partial charge in [-0.1, -0.05) is 0 Å². The smallest absolute Gasteiger partial charge is 0.165 e. The Balaban J connectivity index is 2.45. The minimum Gasteiger partial charge on any atom is -0.395 e. The molecule has 0 saturated heterocycles. The van der Waals surface area contributed by atoms with Gasteiger partial charge in [-0.05, 0) is 35.4 Å². The van der Waals surface area contributed by atoms with Crippen LogP contribution in [0.25, 0.3) is 0 Å². The number of halogens is 1. The number of pyridine rings is 1. The van der Waals surface area contributed by atoms with Gasteiger partial charge < -0.3 is 16.9 Å². The van der Waals surface area contributed by atoms with Crippen molar-refractivity contribution in [3.05, 3.63) is 46.8 Å². The molecule has 0 aliphatic rings. The molecule has 20 heavy (non-hydrogen) atoms. The second-order valence-electron chi connectivity index (χ2n) is 4.21. The summed E-state index contributed by atoms with van der Waals surface area (Å²) in [6.07, 6.45) is 0.189. The van der Waals surface area contributed by atoms with E-state index in [1.165, 1.54) is 18.2 Å². The van der Waals surface area contributed by atoms with Crippen LogP contribution in [0.2, 0.25) is 0 Å². The molecule has 7 heteroatoms. The van der Waals surface area contributed by atoms with Gasteiger partial charge in [0, 0.05) is 6.42 Å². The van der Waals surface area contributed by atoms with Crippen molar-refractivity contribution >= 4 is 17.3 Å². The lowest BCUT2D eigenvalue weighted by Crippen LogP contribution is -2.13. The number of hydrazine groups is 1. The molecule has 0 unspecified atom stereocenters. The molecular weight excluding hydrogens is 259 g/mol. The molecule has 1 heterocycles. The first-order valence-electron chi connectivity index (χ1n) is 5.75. The fourth-order valence-electron chi connectivity index (χ4n) is 1.87. The number of nitrogen functional groups attached to an aromatic ring is 3. The van der Waals surface area contributed by atoms with E-state index in [0.29, 0.717) is 22.4 Å². The monoisotopic (exact) mass is 272 g/mol. The lowest BCUT2D eigenvalue weighted by molar-refractivity contribution is 0.614. The molecule has 2 rings (SSSR count). The molecular formula is C13H13FN6. The van der Waals surface area contributed by atoms with E-state index in [2.05, 4.69) is 10.4 Å². The second kappa shape index (κ2) is 5.42. The van der Waals surface area contributed by atoms with Crippen molar-refractivity contribution in [3.8, 4) is 6.07 Å². The van der Waals surface area contributed by atoms with Crippen LogP contribution in [0.1, 0.15) is 16.7 Å². The standard InChI is InChI=1S/C13H13FN6/c14-10-2-1-7(6-15)3-8(10)4-9-5-11(16)19-13(20-18)12(9)17/h1-3,5H,4,17-18H2,(H3,16,19,20). The molecule has 102 valence electrons. The van der Waals surface area contributed by atoms with Crippen molar-refractivity contribution in [2.75, 3.05) is 16.9 Å². The van der Waals surface area contributed by atoms with Crippen molar-refractivity contribution in [3.63, 3.8) is 0 Å². The molecule has 0 spiro atoms. The first kappa shape index (κ1) is 13.6. The summed E-state index contributed by atoms with van der Waals surface area (Å²) in [4.78, 5) is 3.92. The van der Waals surface area contributed by atoms with Gasteiger partial charge in [0.2, 0.25) is 0 Å². The average Bonchev–Trinajstić information content (AvgIpc) is 2.44. The predicted molar refractivity (Wildman–Crippen MR) is 74.8 cm³/mol. The third kappa shape index (κ3) is 2.60. The van der Waals surface area contributed by atoms with Crippen LogP contribution in [0.4, 0.5) is 21.7 Å². The summed E-state index contributed by atoms with van der Waals surface area (Å²) < 4.78 is 13.8. The van der Waals surface area contributed by atoms with E-state index >= 15 is 0 Å². The van der Waals surface area contributed by atoms with Crippen LogP contribution >= 0.6 is 0 Å². The topological polar surface area (TPSA) is 127 Å². The van der Waals surface area contributed by atoms with Crippen molar-refractivity contribution in [2.24, 2.45) is 5.84 Å². The first-order chi connectivity index (χ1) is 9.55. The molecule has 6 nitrogen and oxygen atoms in total. The van der Waals surface area contributed by atoms with Crippen LogP contribution in [-0.4, -0.2) is 4.98 Å². The zero-order chi connectivity index (χ0) is 14.7. The Morgan fingerprint density at radius 2 is 2.00 bits per heavy atom. The van der Waals surface area contributed by atoms with E-state index < -0.39 is 5.82 Å². The lowest BCUT2D eigenvalue weighted by Gasteiger charge is -2.11. The van der Waals surface area contributed by atoms with Gasteiger partial charge in [-0.25, -0.2) is 15.2 Å². The van der Waals surface area contributed by atoms with Crippen LogP contribution < -0.4 is 22.7 Å². The highest BCUT2D eigenvalue weighted by Crippen LogP contribution is 2.26. The second-order valence-corrected chi connectivity index (χ2v) is 4.21. The molecule has 0 aliphatic carbocycles. The average molecular weight is 272 g/mol. The Kier molecular flexibility index (Phi) is 3.68. The third-order valence-corrected chi connectivity index (χ3v) is 2.86. The summed E-state index contributed by atoms with van der Waals surface area (Å²) in [5.41, 5.74) is 15.5. The minimum absolute atomic E-state index is 0.189. The van der Waals surface area contributed by atoms with E-state index in [1.807, 2.05) is 6.07 Å². The van der Waals surface area contributed by atoms with Gasteiger partial charge >= 0.3 is 0 Å². The van der Waals surface area contributed by atoms with E-state index in [9.17, 15) is 4.39 Å². The Morgan fingerprint density at radius 1 is 1.25 bits per heavy atom. The van der Waals surface area contributed by atoms with Gasteiger partial charge in [-0.15, -0.1) is 0 Å². The normalized spacial score (nSPS) is 10.1. The summed E-state index contributed by atoms with van der Waals surface area (Å²) in [6, 6.07) is 7.64. The van der Waals surface area contributed by atoms with Gasteiger partial charge in [0.15, 0.2) is 5.82 Å². The van der Waals surface area contributed by atoms with Crippen molar-refractivity contribution in [1.29, 1.82) is 5.26 Å². The number of nitrogens with two attached hydrogens (primary N) is 3. The highest BCUT2D eigenvalue weighted by atomic mass is 19.1. The van der Waals surface area contributed by atoms with E-state index in [4.69, 9.17) is 22.6 Å². The Hall–Kier alpha value is -2.85. The van der Waals surface area contributed by atoms with Gasteiger partial charge in [0.25, 0.3) is 0 Å². The summed E-state index contributed by atoms with van der Waals surface area (Å²) in [6.45, 7) is 0.